The number of fused-ring (bicyclic) bond motifs is 5. The van der Waals surface area contributed by atoms with E-state index >= 15 is 0 Å². The maximum absolute atomic E-state index is 13.6. The summed E-state index contributed by atoms with van der Waals surface area (Å²) in [5.41, 5.74) is -0.570. The lowest BCUT2D eigenvalue weighted by Crippen LogP contribution is -2.63. The number of nitrogens with one attached hydrogen (secondary N) is 1. The van der Waals surface area contributed by atoms with Crippen LogP contribution in [0.3, 0.4) is 0 Å². The summed E-state index contributed by atoms with van der Waals surface area (Å²) in [7, 11) is 4.54. The number of alkyl carbamates (subject to hydrolysis) is 1. The van der Waals surface area contributed by atoms with Crippen LogP contribution in [0.5, 0.6) is 5.75 Å². The van der Waals surface area contributed by atoms with Gasteiger partial charge in [0.1, 0.15) is 34.7 Å². The summed E-state index contributed by atoms with van der Waals surface area (Å²) in [4.78, 5) is 39.7. The fourth-order valence-corrected chi connectivity index (χ4v) is 6.12. The molecule has 3 heterocycles. The third-order valence-corrected chi connectivity index (χ3v) is 8.64. The van der Waals surface area contributed by atoms with E-state index < -0.39 is 53.7 Å². The monoisotopic (exact) mass is 606 g/mol. The third-order valence-electron chi connectivity index (χ3n) is 8.26. The van der Waals surface area contributed by atoms with Gasteiger partial charge in [0.05, 0.1) is 25.3 Å². The van der Waals surface area contributed by atoms with Crippen molar-refractivity contribution in [3.63, 3.8) is 0 Å². The van der Waals surface area contributed by atoms with Crippen LogP contribution in [0, 0.1) is 5.92 Å². The van der Waals surface area contributed by atoms with Crippen LogP contribution in [0.15, 0.2) is 35.9 Å². The summed E-state index contributed by atoms with van der Waals surface area (Å²) in [6.45, 7) is 6.77. The van der Waals surface area contributed by atoms with Crippen molar-refractivity contribution in [2.75, 3.05) is 26.2 Å². The van der Waals surface area contributed by atoms with Crippen LogP contribution >= 0.6 is 11.6 Å². The van der Waals surface area contributed by atoms with Crippen LogP contribution in [-0.2, 0) is 35.0 Å². The maximum Gasteiger partial charge on any atom is 0.409 e. The quantitative estimate of drug-likeness (QED) is 0.390. The van der Waals surface area contributed by atoms with Gasteiger partial charge in [-0.3, -0.25) is 14.9 Å². The molecule has 2 N–H and O–H groups in total. The summed E-state index contributed by atoms with van der Waals surface area (Å²) >= 11 is 6.64. The zero-order valence-corrected chi connectivity index (χ0v) is 25.7. The number of allylic oxidation sites excluding steroid dienone is 3. The Labute approximate surface area is 250 Å². The molecule has 3 aliphatic rings. The molecule has 2 amide bonds. The number of ether oxygens (including phenoxy) is 5. The predicted molar refractivity (Wildman–Crippen MR) is 154 cm³/mol. The molecule has 1 unspecified atom stereocenters. The Hall–Kier alpha value is -3.12. The zero-order valence-electron chi connectivity index (χ0n) is 24.9. The summed E-state index contributed by atoms with van der Waals surface area (Å²) < 4.78 is 28.4. The molecular weight excluding hydrogens is 568 g/mol. The molecule has 12 heteroatoms. The molecule has 4 rings (SSSR count). The van der Waals surface area contributed by atoms with E-state index in [1.54, 1.807) is 32.2 Å². The molecule has 0 aromatic heterocycles. The summed E-state index contributed by atoms with van der Waals surface area (Å²) in [6.07, 6.45) is 1.67. The van der Waals surface area contributed by atoms with Crippen molar-refractivity contribution in [2.24, 2.45) is 5.92 Å². The molecule has 4 bridgehead atoms. The lowest BCUT2D eigenvalue weighted by molar-refractivity contribution is -0.151. The van der Waals surface area contributed by atoms with E-state index in [-0.39, 0.29) is 23.8 Å². The zero-order chi connectivity index (χ0) is 31.0. The number of rotatable bonds is 3. The lowest BCUT2D eigenvalue weighted by atomic mass is 9.83. The van der Waals surface area contributed by atoms with Gasteiger partial charge in [0.2, 0.25) is 5.91 Å². The molecule has 11 nitrogen and oxygen atoms in total. The SMILES string of the molecule is COc1cc2cc(c1Cl)N(C)C(=O)CC(OC(C)=O)[C@]1(C)O[C@H]1[C@H](C)[C@@H]1C[C@@](O)(NC(=O)O1)[C@H](OC)/C=C\C=C(\C)C2. The van der Waals surface area contributed by atoms with Crippen LogP contribution in [0.25, 0.3) is 0 Å². The van der Waals surface area contributed by atoms with Crippen molar-refractivity contribution in [3.05, 3.63) is 46.5 Å². The minimum Gasteiger partial charge on any atom is -0.495 e. The number of anilines is 1. The number of hydrogen-bond acceptors (Lipinski definition) is 9. The van der Waals surface area contributed by atoms with Gasteiger partial charge >= 0.3 is 12.1 Å². The summed E-state index contributed by atoms with van der Waals surface area (Å²) in [5.74, 6) is -0.951. The highest BCUT2D eigenvalue weighted by atomic mass is 35.5. The maximum atomic E-state index is 13.6. The second-order valence-electron chi connectivity index (χ2n) is 11.4. The highest BCUT2D eigenvalue weighted by molar-refractivity contribution is 6.35. The van der Waals surface area contributed by atoms with Crippen molar-refractivity contribution in [3.8, 4) is 5.75 Å². The largest absolute Gasteiger partial charge is 0.495 e. The molecule has 0 aliphatic carbocycles. The van der Waals surface area contributed by atoms with E-state index in [1.807, 2.05) is 26.0 Å². The van der Waals surface area contributed by atoms with E-state index in [0.29, 0.717) is 17.9 Å². The normalized spacial score (nSPS) is 35.6. The number of esters is 1. The van der Waals surface area contributed by atoms with Crippen molar-refractivity contribution in [1.82, 2.24) is 5.32 Å². The van der Waals surface area contributed by atoms with E-state index in [9.17, 15) is 19.5 Å². The van der Waals surface area contributed by atoms with Crippen molar-refractivity contribution in [2.45, 2.75) is 82.7 Å². The fourth-order valence-electron chi connectivity index (χ4n) is 5.81. The second-order valence-corrected chi connectivity index (χ2v) is 11.8. The van der Waals surface area contributed by atoms with Crippen LogP contribution in [-0.4, -0.2) is 80.1 Å². The Morgan fingerprint density at radius 2 is 1.98 bits per heavy atom. The predicted octanol–water partition coefficient (Wildman–Crippen LogP) is 3.69. The molecule has 230 valence electrons. The van der Waals surface area contributed by atoms with E-state index in [4.69, 9.17) is 35.3 Å². The molecule has 2 fully saturated rings. The van der Waals surface area contributed by atoms with E-state index in [1.165, 1.54) is 26.0 Å². The highest BCUT2D eigenvalue weighted by Gasteiger charge is 2.64. The number of carbonyl (C=O) groups excluding carboxylic acids is 3. The molecule has 3 aliphatic heterocycles. The van der Waals surface area contributed by atoms with Gasteiger partial charge in [0.25, 0.3) is 0 Å². The average Bonchev–Trinajstić information content (AvgIpc) is 3.61. The Kier molecular flexibility index (Phi) is 9.27. The van der Waals surface area contributed by atoms with Gasteiger partial charge in [0, 0.05) is 33.4 Å². The van der Waals surface area contributed by atoms with Crippen LogP contribution in [0.2, 0.25) is 5.02 Å². The van der Waals surface area contributed by atoms with Gasteiger partial charge < -0.3 is 33.7 Å². The number of amides is 2. The molecule has 42 heavy (non-hydrogen) atoms. The fraction of sp³-hybridized carbons (Fsp3) is 0.567. The van der Waals surface area contributed by atoms with Crippen LogP contribution in [0.4, 0.5) is 10.5 Å². The van der Waals surface area contributed by atoms with Gasteiger partial charge in [-0.25, -0.2) is 4.79 Å². The number of halogens is 1. The number of carbonyl (C=O) groups is 3. The minimum atomic E-state index is -1.76. The van der Waals surface area contributed by atoms with Gasteiger partial charge in [-0.1, -0.05) is 42.3 Å². The Balaban J connectivity index is 1.79. The highest BCUT2D eigenvalue weighted by Crippen LogP contribution is 2.49. The molecule has 1 aromatic rings. The van der Waals surface area contributed by atoms with Crippen molar-refractivity contribution < 1.29 is 43.2 Å². The summed E-state index contributed by atoms with van der Waals surface area (Å²) in [6, 6.07) is 3.62. The van der Waals surface area contributed by atoms with E-state index in [0.717, 1.165) is 11.1 Å². The standard InChI is InChI=1S/C30H39ClN2O9/c1-16-9-8-10-23(39-7)30(37)15-22(41-28(36)32-30)17(2)27-29(4,42-27)24(40-18(3)34)14-25(35)33(5)20-12-19(11-16)13-21(38-6)26(20)31/h8-10,12-13,17,22-24,27,37H,11,14-15H2,1-7H3,(H,32,36)/b10-8-,16-9-/t17-,22+,23-,24?,27+,29+,30+/m1/s1. The molecule has 0 radical (unpaired) electrons. The molecule has 2 saturated heterocycles. The van der Waals surface area contributed by atoms with E-state index in [2.05, 4.69) is 5.32 Å². The summed E-state index contributed by atoms with van der Waals surface area (Å²) in [5, 5.41) is 14.3. The first-order valence-corrected chi connectivity index (χ1v) is 14.2. The molecule has 0 spiro atoms. The number of nitrogens with zero attached hydrogens (tertiary/aromatic N) is 1. The number of hydrogen-bond donors (Lipinski definition) is 2. The van der Waals surface area contributed by atoms with Crippen molar-refractivity contribution >= 4 is 35.3 Å². The van der Waals surface area contributed by atoms with Crippen molar-refractivity contribution in [1.29, 1.82) is 0 Å². The van der Waals surface area contributed by atoms with Gasteiger partial charge in [-0.2, -0.15) is 0 Å². The molecule has 7 atom stereocenters. The lowest BCUT2D eigenvalue weighted by Gasteiger charge is -2.42. The average molecular weight is 607 g/mol. The first-order valence-electron chi connectivity index (χ1n) is 13.8. The number of aliphatic hydroxyl groups is 1. The number of methoxy groups -OCH3 is 2. The second kappa shape index (κ2) is 12.2. The van der Waals surface area contributed by atoms with Gasteiger partial charge in [-0.15, -0.1) is 0 Å². The number of benzene rings is 1. The van der Waals surface area contributed by atoms with Crippen LogP contribution < -0.4 is 15.0 Å². The Morgan fingerprint density at radius 3 is 2.62 bits per heavy atom. The molecular formula is C30H39ClN2O9. The van der Waals surface area contributed by atoms with Gasteiger partial charge in [-0.05, 0) is 38.0 Å². The Bertz CT molecular complexity index is 1300. The molecule has 0 saturated carbocycles. The first-order chi connectivity index (χ1) is 19.7. The van der Waals surface area contributed by atoms with Crippen LogP contribution in [0.1, 0.15) is 46.1 Å². The number of epoxide rings is 1. The molecule has 1 aromatic carbocycles. The topological polar surface area (TPSA) is 136 Å². The Morgan fingerprint density at radius 1 is 1.26 bits per heavy atom. The first kappa shape index (κ1) is 31.8. The third kappa shape index (κ3) is 6.44. The minimum absolute atomic E-state index is 0.00538. The smallest absolute Gasteiger partial charge is 0.409 e. The van der Waals surface area contributed by atoms with Gasteiger partial charge in [0.15, 0.2) is 5.72 Å².